The first kappa shape index (κ1) is 23.0. The Hall–Kier alpha value is -4.13. The van der Waals surface area contributed by atoms with Crippen LogP contribution in [-0.2, 0) is 9.59 Å². The number of fused-ring (bicyclic) bond motifs is 1. The second kappa shape index (κ2) is 10.7. The molecule has 3 aromatic rings. The van der Waals surface area contributed by atoms with Gasteiger partial charge < -0.3 is 20.3 Å². The molecule has 2 atom stereocenters. The van der Waals surface area contributed by atoms with Gasteiger partial charge >= 0.3 is 0 Å². The summed E-state index contributed by atoms with van der Waals surface area (Å²) in [5, 5.41) is 5.67. The molecule has 2 N–H and O–H groups in total. The smallest absolute Gasteiger partial charge is 0.258 e. The van der Waals surface area contributed by atoms with Crippen LogP contribution < -0.4 is 20.3 Å². The van der Waals surface area contributed by atoms with Crippen LogP contribution in [0.2, 0.25) is 0 Å². The Kier molecular flexibility index (Phi) is 7.22. The number of nitrogens with zero attached hydrogens (tertiary/aromatic N) is 2. The van der Waals surface area contributed by atoms with Gasteiger partial charge in [0.05, 0.1) is 12.3 Å². The molecule has 0 saturated heterocycles. The molecule has 0 saturated carbocycles. The van der Waals surface area contributed by atoms with E-state index in [-0.39, 0.29) is 18.4 Å². The van der Waals surface area contributed by atoms with Gasteiger partial charge in [0.25, 0.3) is 5.91 Å². The number of aliphatic imine (C=N–C) groups is 1. The Bertz CT molecular complexity index is 1160. The molecule has 174 valence electrons. The summed E-state index contributed by atoms with van der Waals surface area (Å²) in [6, 6.07) is 26.3. The first-order chi connectivity index (χ1) is 16.5. The lowest BCUT2D eigenvalue weighted by atomic mass is 10.0. The van der Waals surface area contributed by atoms with Crippen molar-refractivity contribution < 1.29 is 14.3 Å². The van der Waals surface area contributed by atoms with E-state index < -0.39 is 12.2 Å². The average molecular weight is 457 g/mol. The maximum Gasteiger partial charge on any atom is 0.258 e. The molecule has 7 heteroatoms. The Labute approximate surface area is 199 Å². The fourth-order valence-corrected chi connectivity index (χ4v) is 3.84. The Morgan fingerprint density at radius 2 is 1.65 bits per heavy atom. The van der Waals surface area contributed by atoms with Crippen molar-refractivity contribution in [2.24, 2.45) is 4.99 Å². The van der Waals surface area contributed by atoms with Crippen molar-refractivity contribution in [2.75, 3.05) is 25.1 Å². The molecule has 0 radical (unpaired) electrons. The zero-order chi connectivity index (χ0) is 23.9. The summed E-state index contributed by atoms with van der Waals surface area (Å²) in [7, 11) is 1.98. The third-order valence-electron chi connectivity index (χ3n) is 5.54. The summed E-state index contributed by atoms with van der Waals surface area (Å²) in [6.45, 7) is 1.98. The summed E-state index contributed by atoms with van der Waals surface area (Å²) in [5.41, 5.74) is 3.84. The van der Waals surface area contributed by atoms with Crippen LogP contribution in [0.3, 0.4) is 0 Å². The monoisotopic (exact) mass is 456 g/mol. The van der Waals surface area contributed by atoms with Crippen molar-refractivity contribution in [1.82, 2.24) is 10.6 Å². The minimum absolute atomic E-state index is 0.167. The summed E-state index contributed by atoms with van der Waals surface area (Å²) < 4.78 is 5.46. The number of para-hydroxylation sites is 2. The van der Waals surface area contributed by atoms with Crippen molar-refractivity contribution in [3.63, 3.8) is 0 Å². The molecule has 1 heterocycles. The van der Waals surface area contributed by atoms with Crippen LogP contribution >= 0.6 is 0 Å². The second-order valence-electron chi connectivity index (χ2n) is 8.16. The van der Waals surface area contributed by atoms with Crippen LogP contribution in [0.1, 0.15) is 18.1 Å². The highest BCUT2D eigenvalue weighted by Crippen LogP contribution is 2.26. The molecular formula is C27H28N4O3. The Balaban J connectivity index is 1.45. The van der Waals surface area contributed by atoms with Gasteiger partial charge in [0.2, 0.25) is 5.91 Å². The summed E-state index contributed by atoms with van der Waals surface area (Å²) >= 11 is 0. The van der Waals surface area contributed by atoms with E-state index in [9.17, 15) is 9.59 Å². The minimum Gasteiger partial charge on any atom is -0.484 e. The summed E-state index contributed by atoms with van der Waals surface area (Å²) in [6.07, 6.45) is -0.486. The molecule has 7 nitrogen and oxygen atoms in total. The van der Waals surface area contributed by atoms with E-state index in [1.54, 1.807) is 19.1 Å². The van der Waals surface area contributed by atoms with Gasteiger partial charge in [-0.25, -0.2) is 0 Å². The van der Waals surface area contributed by atoms with E-state index in [4.69, 9.17) is 9.73 Å². The van der Waals surface area contributed by atoms with Crippen molar-refractivity contribution in [3.05, 3.63) is 96.1 Å². The fourth-order valence-electron chi connectivity index (χ4n) is 3.84. The standard InChI is InChI=1S/C27H28N4O3/c1-19(28-25(32)18-34-21-13-7-4-8-14-21)27(33)30-24-17-31(2)23-16-10-9-15-22(23)26(29-24)20-11-5-3-6-12-20/h3-16,19,24H,17-18H2,1-2H3,(H,28,32)(H,30,33)/t19-,24+/m0/s1. The van der Waals surface area contributed by atoms with Crippen molar-refractivity contribution in [1.29, 1.82) is 0 Å². The molecule has 1 aliphatic rings. The van der Waals surface area contributed by atoms with E-state index in [0.29, 0.717) is 12.3 Å². The number of carbonyl (C=O) groups is 2. The van der Waals surface area contributed by atoms with Crippen LogP contribution in [0.4, 0.5) is 5.69 Å². The van der Waals surface area contributed by atoms with Gasteiger partial charge in [0, 0.05) is 23.9 Å². The van der Waals surface area contributed by atoms with E-state index in [1.165, 1.54) is 0 Å². The lowest BCUT2D eigenvalue weighted by molar-refractivity contribution is -0.129. The van der Waals surface area contributed by atoms with Gasteiger partial charge in [-0.3, -0.25) is 14.6 Å². The summed E-state index contributed by atoms with van der Waals surface area (Å²) in [5.74, 6) is -0.0856. The highest BCUT2D eigenvalue weighted by atomic mass is 16.5. The molecule has 0 aromatic heterocycles. The predicted molar refractivity (Wildman–Crippen MR) is 133 cm³/mol. The van der Waals surface area contributed by atoms with Gasteiger partial charge in [-0.05, 0) is 25.1 Å². The average Bonchev–Trinajstić information content (AvgIpc) is 3.00. The van der Waals surface area contributed by atoms with E-state index in [0.717, 1.165) is 22.5 Å². The number of rotatable bonds is 7. The van der Waals surface area contributed by atoms with E-state index in [2.05, 4.69) is 15.5 Å². The number of anilines is 1. The molecule has 1 aliphatic heterocycles. The quantitative estimate of drug-likeness (QED) is 0.573. The van der Waals surface area contributed by atoms with Gasteiger partial charge in [-0.2, -0.15) is 0 Å². The highest BCUT2D eigenvalue weighted by molar-refractivity contribution is 6.16. The third-order valence-corrected chi connectivity index (χ3v) is 5.54. The SMILES string of the molecule is C[C@H](NC(=O)COc1ccccc1)C(=O)N[C@@H]1CN(C)c2ccccc2C(c2ccccc2)=N1. The van der Waals surface area contributed by atoms with Crippen LogP contribution in [0.5, 0.6) is 5.75 Å². The van der Waals surface area contributed by atoms with Crippen LogP contribution in [0.15, 0.2) is 89.9 Å². The Morgan fingerprint density at radius 3 is 2.38 bits per heavy atom. The first-order valence-electron chi connectivity index (χ1n) is 11.2. The van der Waals surface area contributed by atoms with Crippen LogP contribution in [0, 0.1) is 0 Å². The molecule has 2 amide bonds. The number of benzodiazepines with no additional fused rings is 1. The van der Waals surface area contributed by atoms with Gasteiger partial charge in [-0.15, -0.1) is 0 Å². The second-order valence-corrected chi connectivity index (χ2v) is 8.16. The zero-order valence-electron chi connectivity index (χ0n) is 19.3. The molecule has 3 aromatic carbocycles. The topological polar surface area (TPSA) is 83.0 Å². The number of hydrogen-bond donors (Lipinski definition) is 2. The summed E-state index contributed by atoms with van der Waals surface area (Å²) in [4.78, 5) is 32.2. The Morgan fingerprint density at radius 1 is 1.00 bits per heavy atom. The van der Waals surface area contributed by atoms with Crippen LogP contribution in [-0.4, -0.2) is 49.9 Å². The van der Waals surface area contributed by atoms with E-state index in [1.807, 2.05) is 79.8 Å². The zero-order valence-corrected chi connectivity index (χ0v) is 19.3. The molecular weight excluding hydrogens is 428 g/mol. The number of hydrogen-bond acceptors (Lipinski definition) is 5. The number of ether oxygens (including phenoxy) is 1. The minimum atomic E-state index is -0.738. The van der Waals surface area contributed by atoms with Gasteiger partial charge in [0.15, 0.2) is 6.61 Å². The highest BCUT2D eigenvalue weighted by Gasteiger charge is 2.25. The number of carbonyl (C=O) groups excluding carboxylic acids is 2. The number of nitrogens with one attached hydrogen (secondary N) is 2. The largest absolute Gasteiger partial charge is 0.484 e. The lowest BCUT2D eigenvalue weighted by Gasteiger charge is -2.24. The van der Waals surface area contributed by atoms with Crippen molar-refractivity contribution in [2.45, 2.75) is 19.1 Å². The molecule has 34 heavy (non-hydrogen) atoms. The number of likely N-dealkylation sites (N-methyl/N-ethyl adjacent to an activating group) is 1. The maximum absolute atomic E-state index is 12.9. The van der Waals surface area contributed by atoms with Crippen molar-refractivity contribution >= 4 is 23.2 Å². The van der Waals surface area contributed by atoms with Crippen molar-refractivity contribution in [3.8, 4) is 5.75 Å². The van der Waals surface area contributed by atoms with Gasteiger partial charge in [0.1, 0.15) is 18.0 Å². The first-order valence-corrected chi connectivity index (χ1v) is 11.2. The molecule has 0 bridgehead atoms. The predicted octanol–water partition coefficient (Wildman–Crippen LogP) is 3.00. The maximum atomic E-state index is 12.9. The normalized spacial score (nSPS) is 15.9. The lowest BCUT2D eigenvalue weighted by Crippen LogP contribution is -2.50. The molecule has 0 fully saturated rings. The van der Waals surface area contributed by atoms with Crippen LogP contribution in [0.25, 0.3) is 0 Å². The molecule has 4 rings (SSSR count). The molecule has 0 spiro atoms. The van der Waals surface area contributed by atoms with Gasteiger partial charge in [-0.1, -0.05) is 66.7 Å². The number of amides is 2. The third kappa shape index (κ3) is 5.61. The fraction of sp³-hybridized carbons (Fsp3) is 0.222. The number of benzene rings is 3. The molecule has 0 unspecified atom stereocenters. The molecule has 0 aliphatic carbocycles. The van der Waals surface area contributed by atoms with E-state index >= 15 is 0 Å².